The molecule has 2 amide bonds. The second-order valence-electron chi connectivity index (χ2n) is 5.04. The van der Waals surface area contributed by atoms with Crippen molar-refractivity contribution < 1.29 is 9.59 Å². The molecule has 0 bridgehead atoms. The van der Waals surface area contributed by atoms with Crippen LogP contribution >= 0.6 is 11.8 Å². The molecule has 1 aliphatic rings. The summed E-state index contributed by atoms with van der Waals surface area (Å²) in [5.41, 5.74) is 0. The average molecular weight is 286 g/mol. The normalized spacial score (nSPS) is 25.4. The van der Waals surface area contributed by atoms with Crippen LogP contribution in [0.2, 0.25) is 0 Å². The van der Waals surface area contributed by atoms with E-state index in [-0.39, 0.29) is 29.9 Å². The lowest BCUT2D eigenvalue weighted by Crippen LogP contribution is -2.65. The highest BCUT2D eigenvalue weighted by molar-refractivity contribution is 7.98. The first-order valence-electron chi connectivity index (χ1n) is 7.22. The molecule has 1 fully saturated rings. The molecule has 1 rings (SSSR count). The number of nitrogens with one attached hydrogen (secondary N) is 1. The lowest BCUT2D eigenvalue weighted by Gasteiger charge is -2.43. The van der Waals surface area contributed by atoms with Gasteiger partial charge in [-0.3, -0.25) is 9.59 Å². The molecular formula is C14H26N2O2S. The van der Waals surface area contributed by atoms with Crippen molar-refractivity contribution in [3.63, 3.8) is 0 Å². The molecule has 0 spiro atoms. The van der Waals surface area contributed by atoms with Crippen LogP contribution in [0.3, 0.4) is 0 Å². The Hall–Kier alpha value is -0.710. The van der Waals surface area contributed by atoms with Crippen LogP contribution in [0.25, 0.3) is 0 Å². The van der Waals surface area contributed by atoms with E-state index >= 15 is 0 Å². The van der Waals surface area contributed by atoms with Crippen molar-refractivity contribution in [2.45, 2.75) is 64.6 Å². The van der Waals surface area contributed by atoms with Gasteiger partial charge >= 0.3 is 0 Å². The zero-order valence-corrected chi connectivity index (χ0v) is 13.3. The SMILES string of the molecule is CCCC1NC(=O)C(CC)N(C(CC)CSC)C1=O. The summed E-state index contributed by atoms with van der Waals surface area (Å²) in [5, 5.41) is 2.88. The first-order chi connectivity index (χ1) is 9.10. The summed E-state index contributed by atoms with van der Waals surface area (Å²) in [5.74, 6) is 1.01. The number of amides is 2. The third kappa shape index (κ3) is 3.65. The number of nitrogens with zero attached hydrogens (tertiary/aromatic N) is 1. The lowest BCUT2D eigenvalue weighted by molar-refractivity contribution is -0.152. The van der Waals surface area contributed by atoms with Crippen molar-refractivity contribution >= 4 is 23.6 Å². The molecular weight excluding hydrogens is 260 g/mol. The van der Waals surface area contributed by atoms with Crippen LogP contribution in [0.15, 0.2) is 0 Å². The highest BCUT2D eigenvalue weighted by Crippen LogP contribution is 2.22. The van der Waals surface area contributed by atoms with Gasteiger partial charge in [0.25, 0.3) is 0 Å². The molecule has 0 aromatic carbocycles. The fourth-order valence-electron chi connectivity index (χ4n) is 2.68. The summed E-state index contributed by atoms with van der Waals surface area (Å²) >= 11 is 1.73. The number of thioether (sulfide) groups is 1. The van der Waals surface area contributed by atoms with Gasteiger partial charge in [-0.05, 0) is 25.5 Å². The predicted octanol–water partition coefficient (Wildman–Crippen LogP) is 2.03. The van der Waals surface area contributed by atoms with Gasteiger partial charge in [0.15, 0.2) is 0 Å². The van der Waals surface area contributed by atoms with Gasteiger partial charge in [0, 0.05) is 11.8 Å². The Balaban J connectivity index is 2.97. The summed E-state index contributed by atoms with van der Waals surface area (Å²) in [6.45, 7) is 6.09. The van der Waals surface area contributed by atoms with Crippen molar-refractivity contribution in [2.24, 2.45) is 0 Å². The van der Waals surface area contributed by atoms with E-state index in [2.05, 4.69) is 12.2 Å². The van der Waals surface area contributed by atoms with E-state index in [1.54, 1.807) is 11.8 Å². The third-order valence-corrected chi connectivity index (χ3v) is 4.41. The Morgan fingerprint density at radius 1 is 1.32 bits per heavy atom. The fraction of sp³-hybridized carbons (Fsp3) is 0.857. The third-order valence-electron chi connectivity index (χ3n) is 3.70. The van der Waals surface area contributed by atoms with Crippen molar-refractivity contribution in [3.05, 3.63) is 0 Å². The van der Waals surface area contributed by atoms with E-state index in [4.69, 9.17) is 0 Å². The Morgan fingerprint density at radius 2 is 2.00 bits per heavy atom. The molecule has 1 N–H and O–H groups in total. The van der Waals surface area contributed by atoms with Gasteiger partial charge in [0.1, 0.15) is 12.1 Å². The van der Waals surface area contributed by atoms with Gasteiger partial charge in [0.05, 0.1) is 0 Å². The molecule has 0 aromatic rings. The van der Waals surface area contributed by atoms with Crippen LogP contribution in [-0.2, 0) is 9.59 Å². The van der Waals surface area contributed by atoms with Gasteiger partial charge in [-0.15, -0.1) is 0 Å². The minimum Gasteiger partial charge on any atom is -0.343 e. The highest BCUT2D eigenvalue weighted by atomic mass is 32.2. The second kappa shape index (κ2) is 7.78. The molecule has 1 aliphatic heterocycles. The molecule has 4 nitrogen and oxygen atoms in total. The van der Waals surface area contributed by atoms with Crippen molar-refractivity contribution in [3.8, 4) is 0 Å². The summed E-state index contributed by atoms with van der Waals surface area (Å²) in [6, 6.07) is -0.452. The van der Waals surface area contributed by atoms with Crippen molar-refractivity contribution in [2.75, 3.05) is 12.0 Å². The van der Waals surface area contributed by atoms with Crippen molar-refractivity contribution in [1.29, 1.82) is 0 Å². The number of rotatable bonds is 7. The van der Waals surface area contributed by atoms with E-state index in [0.29, 0.717) is 6.42 Å². The van der Waals surface area contributed by atoms with E-state index in [0.717, 1.165) is 25.0 Å². The molecule has 3 unspecified atom stereocenters. The van der Waals surface area contributed by atoms with Gasteiger partial charge in [-0.25, -0.2) is 0 Å². The number of hydrogen-bond acceptors (Lipinski definition) is 3. The van der Waals surface area contributed by atoms with Crippen LogP contribution < -0.4 is 5.32 Å². The second-order valence-corrected chi connectivity index (χ2v) is 5.95. The number of hydrogen-bond donors (Lipinski definition) is 1. The number of piperazine rings is 1. The zero-order chi connectivity index (χ0) is 14.4. The van der Waals surface area contributed by atoms with Crippen molar-refractivity contribution in [1.82, 2.24) is 10.2 Å². The standard InChI is InChI=1S/C14H26N2O2S/c1-5-8-11-14(18)16(10(6-2)9-19-4)12(7-3)13(17)15-11/h10-12H,5-9H2,1-4H3,(H,15,17). The van der Waals surface area contributed by atoms with E-state index in [9.17, 15) is 9.59 Å². The Labute approximate surface area is 120 Å². The maximum atomic E-state index is 12.6. The maximum absolute atomic E-state index is 12.6. The summed E-state index contributed by atoms with van der Waals surface area (Å²) in [4.78, 5) is 26.6. The van der Waals surface area contributed by atoms with E-state index in [1.165, 1.54) is 0 Å². The maximum Gasteiger partial charge on any atom is 0.246 e. The topological polar surface area (TPSA) is 49.4 Å². The minimum absolute atomic E-state index is 0.0140. The first-order valence-corrected chi connectivity index (χ1v) is 8.61. The van der Waals surface area contributed by atoms with Crippen LogP contribution in [0, 0.1) is 0 Å². The van der Waals surface area contributed by atoms with Crippen LogP contribution in [0.5, 0.6) is 0 Å². The van der Waals surface area contributed by atoms with Gasteiger partial charge < -0.3 is 10.2 Å². The van der Waals surface area contributed by atoms with E-state index < -0.39 is 0 Å². The highest BCUT2D eigenvalue weighted by Gasteiger charge is 2.41. The molecule has 3 atom stereocenters. The quantitative estimate of drug-likeness (QED) is 0.779. The monoisotopic (exact) mass is 286 g/mol. The molecule has 5 heteroatoms. The van der Waals surface area contributed by atoms with Crippen LogP contribution in [0.4, 0.5) is 0 Å². The number of carbonyl (C=O) groups is 2. The van der Waals surface area contributed by atoms with Crippen LogP contribution in [0.1, 0.15) is 46.5 Å². The fourth-order valence-corrected chi connectivity index (χ4v) is 3.46. The molecule has 19 heavy (non-hydrogen) atoms. The summed E-state index contributed by atoms with van der Waals surface area (Å²) in [7, 11) is 0. The molecule has 0 aliphatic carbocycles. The first kappa shape index (κ1) is 16.3. The van der Waals surface area contributed by atoms with Crippen LogP contribution in [-0.4, -0.2) is 46.8 Å². The largest absolute Gasteiger partial charge is 0.343 e. The van der Waals surface area contributed by atoms with Gasteiger partial charge in [-0.1, -0.05) is 27.2 Å². The molecule has 1 saturated heterocycles. The minimum atomic E-state index is -0.323. The average Bonchev–Trinajstić information content (AvgIpc) is 2.40. The Bertz CT molecular complexity index is 323. The van der Waals surface area contributed by atoms with Gasteiger partial charge in [0.2, 0.25) is 11.8 Å². The molecule has 0 radical (unpaired) electrons. The zero-order valence-electron chi connectivity index (χ0n) is 12.4. The Kier molecular flexibility index (Phi) is 6.69. The number of carbonyl (C=O) groups excluding carboxylic acids is 2. The van der Waals surface area contributed by atoms with Gasteiger partial charge in [-0.2, -0.15) is 11.8 Å². The summed E-state index contributed by atoms with van der Waals surface area (Å²) < 4.78 is 0. The predicted molar refractivity (Wildman–Crippen MR) is 80.2 cm³/mol. The molecule has 0 saturated carbocycles. The molecule has 0 aromatic heterocycles. The van der Waals surface area contributed by atoms with E-state index in [1.807, 2.05) is 25.0 Å². The molecule has 110 valence electrons. The Morgan fingerprint density at radius 3 is 2.47 bits per heavy atom. The summed E-state index contributed by atoms with van der Waals surface area (Å²) in [6.07, 6.45) is 5.26. The lowest BCUT2D eigenvalue weighted by atomic mass is 9.99. The molecule has 1 heterocycles. The smallest absolute Gasteiger partial charge is 0.246 e.